The average molecular weight is 304 g/mol. The number of rotatable bonds is 1. The Kier molecular flexibility index (Phi) is 3.80. The highest BCUT2D eigenvalue weighted by Gasteiger charge is 2.21. The Morgan fingerprint density at radius 3 is 2.76 bits per heavy atom. The first kappa shape index (κ1) is 14.3. The minimum absolute atomic E-state index is 0.159. The second kappa shape index (κ2) is 5.60. The lowest BCUT2D eigenvalue weighted by Crippen LogP contribution is -2.33. The van der Waals surface area contributed by atoms with Gasteiger partial charge in [0.15, 0.2) is 0 Å². The number of fused-ring (bicyclic) bond motifs is 1. The second-order valence-electron chi connectivity index (χ2n) is 5.51. The molecule has 2 aromatic heterocycles. The van der Waals surface area contributed by atoms with Crippen LogP contribution in [0.25, 0.3) is 10.2 Å². The van der Waals surface area contributed by atoms with E-state index in [-0.39, 0.29) is 5.91 Å². The third-order valence-electron chi connectivity index (χ3n) is 4.19. The Morgan fingerprint density at radius 2 is 2.00 bits per heavy atom. The Labute approximate surface area is 128 Å². The summed E-state index contributed by atoms with van der Waals surface area (Å²) in [6.07, 6.45) is 2.63. The molecule has 1 saturated heterocycles. The van der Waals surface area contributed by atoms with Gasteiger partial charge in [-0.25, -0.2) is 9.97 Å². The molecule has 0 N–H and O–H groups in total. The Bertz CT molecular complexity index is 682. The number of carbonyl (C=O) groups is 1. The molecule has 0 saturated carbocycles. The lowest BCUT2D eigenvalue weighted by atomic mass is 10.2. The third-order valence-corrected chi connectivity index (χ3v) is 5.30. The van der Waals surface area contributed by atoms with Crippen molar-refractivity contribution in [3.8, 4) is 0 Å². The van der Waals surface area contributed by atoms with Crippen molar-refractivity contribution in [2.24, 2.45) is 0 Å². The summed E-state index contributed by atoms with van der Waals surface area (Å²) in [6, 6.07) is 0. The van der Waals surface area contributed by atoms with Crippen LogP contribution in [0.4, 0.5) is 5.82 Å². The van der Waals surface area contributed by atoms with Crippen molar-refractivity contribution in [2.75, 3.05) is 31.1 Å². The molecule has 0 atom stereocenters. The van der Waals surface area contributed by atoms with Crippen LogP contribution in [-0.2, 0) is 4.79 Å². The van der Waals surface area contributed by atoms with Crippen LogP contribution in [0, 0.1) is 13.8 Å². The fourth-order valence-electron chi connectivity index (χ4n) is 2.85. The summed E-state index contributed by atoms with van der Waals surface area (Å²) in [5.74, 6) is 1.18. The van der Waals surface area contributed by atoms with Crippen LogP contribution in [0.3, 0.4) is 0 Å². The number of nitrogens with zero attached hydrogens (tertiary/aromatic N) is 4. The van der Waals surface area contributed by atoms with Gasteiger partial charge in [-0.05, 0) is 25.8 Å². The maximum Gasteiger partial charge on any atom is 0.219 e. The lowest BCUT2D eigenvalue weighted by Gasteiger charge is -2.23. The largest absolute Gasteiger partial charge is 0.354 e. The van der Waals surface area contributed by atoms with E-state index in [1.165, 1.54) is 15.8 Å². The second-order valence-corrected chi connectivity index (χ2v) is 6.71. The van der Waals surface area contributed by atoms with Gasteiger partial charge < -0.3 is 9.80 Å². The van der Waals surface area contributed by atoms with E-state index in [2.05, 4.69) is 28.7 Å². The highest BCUT2D eigenvalue weighted by atomic mass is 32.1. The van der Waals surface area contributed by atoms with Gasteiger partial charge >= 0.3 is 0 Å². The number of anilines is 1. The van der Waals surface area contributed by atoms with Gasteiger partial charge in [-0.2, -0.15) is 0 Å². The van der Waals surface area contributed by atoms with Gasteiger partial charge in [-0.3, -0.25) is 4.79 Å². The van der Waals surface area contributed by atoms with E-state index in [4.69, 9.17) is 0 Å². The summed E-state index contributed by atoms with van der Waals surface area (Å²) < 4.78 is 0. The van der Waals surface area contributed by atoms with Gasteiger partial charge in [-0.1, -0.05) is 0 Å². The Morgan fingerprint density at radius 1 is 1.19 bits per heavy atom. The van der Waals surface area contributed by atoms with Crippen molar-refractivity contribution in [1.29, 1.82) is 0 Å². The van der Waals surface area contributed by atoms with Gasteiger partial charge in [0.1, 0.15) is 17.0 Å². The van der Waals surface area contributed by atoms with Crippen molar-refractivity contribution in [1.82, 2.24) is 14.9 Å². The molecule has 0 radical (unpaired) electrons. The summed E-state index contributed by atoms with van der Waals surface area (Å²) in [6.45, 7) is 9.28. The molecule has 2 aromatic rings. The minimum atomic E-state index is 0.159. The first-order chi connectivity index (χ1) is 10.1. The summed E-state index contributed by atoms with van der Waals surface area (Å²) >= 11 is 1.73. The van der Waals surface area contributed by atoms with Gasteiger partial charge in [0.2, 0.25) is 5.91 Å². The zero-order valence-corrected chi connectivity index (χ0v) is 13.5. The molecule has 3 rings (SSSR count). The first-order valence-corrected chi connectivity index (χ1v) is 8.10. The van der Waals surface area contributed by atoms with E-state index in [1.807, 2.05) is 4.90 Å². The SMILES string of the molecule is CC(=O)N1CCCN(c2ncnc3sc(C)c(C)c23)CC1. The summed E-state index contributed by atoms with van der Waals surface area (Å²) in [5, 5.41) is 1.18. The van der Waals surface area contributed by atoms with Crippen LogP contribution in [0.2, 0.25) is 0 Å². The zero-order chi connectivity index (χ0) is 15.0. The molecule has 1 aliphatic rings. The molecule has 1 fully saturated rings. The molecule has 0 bridgehead atoms. The van der Waals surface area contributed by atoms with Crippen LogP contribution < -0.4 is 4.90 Å². The third kappa shape index (κ3) is 2.60. The number of hydrogen-bond donors (Lipinski definition) is 0. The van der Waals surface area contributed by atoms with Crippen molar-refractivity contribution >= 4 is 33.3 Å². The van der Waals surface area contributed by atoms with E-state index in [0.29, 0.717) is 0 Å². The quantitative estimate of drug-likeness (QED) is 0.811. The van der Waals surface area contributed by atoms with Crippen LogP contribution in [-0.4, -0.2) is 47.0 Å². The summed E-state index contributed by atoms with van der Waals surface area (Å²) in [7, 11) is 0. The van der Waals surface area contributed by atoms with Crippen molar-refractivity contribution < 1.29 is 4.79 Å². The zero-order valence-electron chi connectivity index (χ0n) is 12.7. The topological polar surface area (TPSA) is 49.3 Å². The Balaban J connectivity index is 1.95. The normalized spacial score (nSPS) is 16.3. The molecular weight excluding hydrogens is 284 g/mol. The van der Waals surface area contributed by atoms with Crippen molar-refractivity contribution in [3.63, 3.8) is 0 Å². The standard InChI is InChI=1S/C15H20N4OS/c1-10-11(2)21-15-13(10)14(16-9-17-15)19-6-4-5-18(7-8-19)12(3)20/h9H,4-8H2,1-3H3. The van der Waals surface area contributed by atoms with E-state index < -0.39 is 0 Å². The van der Waals surface area contributed by atoms with Crippen molar-refractivity contribution in [3.05, 3.63) is 16.8 Å². The number of amides is 1. The molecule has 0 spiro atoms. The first-order valence-electron chi connectivity index (χ1n) is 7.29. The lowest BCUT2D eigenvalue weighted by molar-refractivity contribution is -0.128. The fraction of sp³-hybridized carbons (Fsp3) is 0.533. The molecule has 0 unspecified atom stereocenters. The molecule has 21 heavy (non-hydrogen) atoms. The molecule has 112 valence electrons. The molecular formula is C15H20N4OS. The predicted octanol–water partition coefficient (Wildman–Crippen LogP) is 2.37. The maximum atomic E-state index is 11.5. The summed E-state index contributed by atoms with van der Waals surface area (Å²) in [5.41, 5.74) is 1.28. The number of aromatic nitrogens is 2. The molecule has 0 aromatic carbocycles. The van der Waals surface area contributed by atoms with E-state index >= 15 is 0 Å². The van der Waals surface area contributed by atoms with Crippen LogP contribution in [0.15, 0.2) is 6.33 Å². The molecule has 0 aliphatic carbocycles. The van der Waals surface area contributed by atoms with E-state index in [9.17, 15) is 4.79 Å². The number of hydrogen-bond acceptors (Lipinski definition) is 5. The monoisotopic (exact) mass is 304 g/mol. The Hall–Kier alpha value is -1.69. The molecule has 6 heteroatoms. The van der Waals surface area contributed by atoms with Gasteiger partial charge in [-0.15, -0.1) is 11.3 Å². The summed E-state index contributed by atoms with van der Waals surface area (Å²) in [4.78, 5) is 27.1. The molecule has 1 amide bonds. The number of thiophene rings is 1. The molecule has 1 aliphatic heterocycles. The van der Waals surface area contributed by atoms with Gasteiger partial charge in [0.25, 0.3) is 0 Å². The van der Waals surface area contributed by atoms with Crippen molar-refractivity contribution in [2.45, 2.75) is 27.2 Å². The van der Waals surface area contributed by atoms with Gasteiger partial charge in [0.05, 0.1) is 5.39 Å². The van der Waals surface area contributed by atoms with Crippen LogP contribution >= 0.6 is 11.3 Å². The van der Waals surface area contributed by atoms with E-state index in [0.717, 1.165) is 43.2 Å². The highest BCUT2D eigenvalue weighted by Crippen LogP contribution is 2.34. The maximum absolute atomic E-state index is 11.5. The average Bonchev–Trinajstić information content (AvgIpc) is 2.67. The van der Waals surface area contributed by atoms with Crippen LogP contribution in [0.5, 0.6) is 0 Å². The van der Waals surface area contributed by atoms with Gasteiger partial charge in [0, 0.05) is 38.0 Å². The number of carbonyl (C=O) groups excluding carboxylic acids is 1. The highest BCUT2D eigenvalue weighted by molar-refractivity contribution is 7.18. The minimum Gasteiger partial charge on any atom is -0.354 e. The molecule has 3 heterocycles. The fourth-order valence-corrected chi connectivity index (χ4v) is 3.84. The molecule has 5 nitrogen and oxygen atoms in total. The number of aryl methyl sites for hydroxylation is 2. The predicted molar refractivity (Wildman–Crippen MR) is 86.0 cm³/mol. The smallest absolute Gasteiger partial charge is 0.219 e. The van der Waals surface area contributed by atoms with E-state index in [1.54, 1.807) is 24.6 Å². The van der Waals surface area contributed by atoms with Crippen LogP contribution in [0.1, 0.15) is 23.8 Å².